The van der Waals surface area contributed by atoms with Crippen LogP contribution in [0.3, 0.4) is 0 Å². The fourth-order valence-corrected chi connectivity index (χ4v) is 2.69. The first-order valence-corrected chi connectivity index (χ1v) is 7.39. The van der Waals surface area contributed by atoms with Crippen LogP contribution in [0.25, 0.3) is 0 Å². The summed E-state index contributed by atoms with van der Waals surface area (Å²) >= 11 is 0. The summed E-state index contributed by atoms with van der Waals surface area (Å²) in [4.78, 5) is 14.3. The third-order valence-electron chi connectivity index (χ3n) is 3.75. The summed E-state index contributed by atoms with van der Waals surface area (Å²) in [7, 11) is 0. The van der Waals surface area contributed by atoms with E-state index in [-0.39, 0.29) is 5.78 Å². The molecule has 0 bridgehead atoms. The van der Waals surface area contributed by atoms with Crippen LogP contribution in [-0.4, -0.2) is 25.5 Å². The van der Waals surface area contributed by atoms with E-state index < -0.39 is 0 Å². The number of rotatable bonds is 4. The van der Waals surface area contributed by atoms with Crippen molar-refractivity contribution in [3.05, 3.63) is 60.2 Å². The zero-order valence-electron chi connectivity index (χ0n) is 12.0. The summed E-state index contributed by atoms with van der Waals surface area (Å²) in [5.74, 6) is 1.13. The highest BCUT2D eigenvalue weighted by atomic mass is 16.5. The normalized spacial score (nSPS) is 14.5. The van der Waals surface area contributed by atoms with Crippen LogP contribution in [0.2, 0.25) is 0 Å². The minimum absolute atomic E-state index is 0.247. The number of benzene rings is 2. The molecule has 108 valence electrons. The molecule has 0 N–H and O–H groups in total. The maximum Gasteiger partial charge on any atom is 0.165 e. The number of ether oxygens (including phenoxy) is 1. The molecular weight excluding hydrogens is 262 g/mol. The molecule has 3 rings (SSSR count). The molecule has 0 radical (unpaired) electrons. The fraction of sp³-hybridized carbons (Fsp3) is 0.278. The maximum atomic E-state index is 12.1. The van der Waals surface area contributed by atoms with Gasteiger partial charge in [0.25, 0.3) is 0 Å². The number of Topliss-reactive ketones (excluding diaryl/α,β-unsaturated/α-hetero) is 1. The molecule has 0 saturated heterocycles. The van der Waals surface area contributed by atoms with Crippen LogP contribution in [0, 0.1) is 0 Å². The molecule has 0 unspecified atom stereocenters. The number of carbonyl (C=O) groups excluding carboxylic acids is 1. The highest BCUT2D eigenvalue weighted by molar-refractivity contribution is 6.01. The number of carbonyl (C=O) groups is 1. The molecule has 1 aliphatic rings. The number of ketones is 1. The molecule has 2 aromatic rings. The van der Waals surface area contributed by atoms with Gasteiger partial charge in [0.2, 0.25) is 0 Å². The molecule has 1 heterocycles. The third-order valence-corrected chi connectivity index (χ3v) is 3.75. The van der Waals surface area contributed by atoms with Crippen molar-refractivity contribution in [2.24, 2.45) is 0 Å². The van der Waals surface area contributed by atoms with Crippen molar-refractivity contribution in [2.75, 3.05) is 24.6 Å². The van der Waals surface area contributed by atoms with Gasteiger partial charge in [-0.1, -0.05) is 30.3 Å². The Bertz CT molecular complexity index is 610. The lowest BCUT2D eigenvalue weighted by Gasteiger charge is -2.24. The van der Waals surface area contributed by atoms with Crippen LogP contribution in [-0.2, 0) is 0 Å². The molecule has 0 atom stereocenters. The van der Waals surface area contributed by atoms with E-state index in [9.17, 15) is 4.79 Å². The lowest BCUT2D eigenvalue weighted by molar-refractivity contribution is 0.0984. The number of hydrogen-bond donors (Lipinski definition) is 0. The van der Waals surface area contributed by atoms with Crippen molar-refractivity contribution in [3.63, 3.8) is 0 Å². The van der Waals surface area contributed by atoms with Gasteiger partial charge in [0.1, 0.15) is 12.4 Å². The molecule has 0 spiro atoms. The van der Waals surface area contributed by atoms with Crippen LogP contribution in [0.15, 0.2) is 54.6 Å². The Labute approximate surface area is 125 Å². The highest BCUT2D eigenvalue weighted by Gasteiger charge is 2.19. The van der Waals surface area contributed by atoms with Gasteiger partial charge in [0.05, 0.1) is 6.54 Å². The van der Waals surface area contributed by atoms with Gasteiger partial charge in [-0.05, 0) is 30.7 Å². The molecule has 1 aliphatic heterocycles. The Morgan fingerprint density at radius 2 is 1.76 bits per heavy atom. The zero-order valence-corrected chi connectivity index (χ0v) is 12.0. The summed E-state index contributed by atoms with van der Waals surface area (Å²) in [6.07, 6.45) is 1.53. The molecule has 3 heteroatoms. The van der Waals surface area contributed by atoms with E-state index >= 15 is 0 Å². The molecule has 0 aromatic heterocycles. The zero-order chi connectivity index (χ0) is 14.5. The SMILES string of the molecule is O=C1CCCN(CCOc2ccccc2)c2ccccc21. The Hall–Kier alpha value is -2.29. The first kappa shape index (κ1) is 13.7. The van der Waals surface area contributed by atoms with E-state index in [1.807, 2.05) is 54.6 Å². The average molecular weight is 281 g/mol. The Morgan fingerprint density at radius 1 is 1.00 bits per heavy atom. The van der Waals surface area contributed by atoms with Crippen molar-refractivity contribution >= 4 is 11.5 Å². The summed E-state index contributed by atoms with van der Waals surface area (Å²) in [5, 5.41) is 0. The summed E-state index contributed by atoms with van der Waals surface area (Å²) in [6, 6.07) is 17.7. The predicted octanol–water partition coefficient (Wildman–Crippen LogP) is 3.55. The van der Waals surface area contributed by atoms with Gasteiger partial charge in [0.15, 0.2) is 5.78 Å². The van der Waals surface area contributed by atoms with Crippen LogP contribution in [0.1, 0.15) is 23.2 Å². The fourth-order valence-electron chi connectivity index (χ4n) is 2.69. The van der Waals surface area contributed by atoms with Gasteiger partial charge in [-0.2, -0.15) is 0 Å². The average Bonchev–Trinajstić information content (AvgIpc) is 2.69. The van der Waals surface area contributed by atoms with E-state index in [1.54, 1.807) is 0 Å². The predicted molar refractivity (Wildman–Crippen MR) is 84.2 cm³/mol. The van der Waals surface area contributed by atoms with Crippen molar-refractivity contribution < 1.29 is 9.53 Å². The minimum Gasteiger partial charge on any atom is -0.492 e. The standard InChI is InChI=1S/C18H19NO2/c20-18-11-6-12-19(17-10-5-4-9-16(17)18)13-14-21-15-7-2-1-3-8-15/h1-5,7-10H,6,11-14H2. The number of anilines is 1. The quantitative estimate of drug-likeness (QED) is 0.858. The first-order valence-electron chi connectivity index (χ1n) is 7.39. The van der Waals surface area contributed by atoms with Gasteiger partial charge in [-0.15, -0.1) is 0 Å². The van der Waals surface area contributed by atoms with E-state index in [0.717, 1.165) is 36.5 Å². The van der Waals surface area contributed by atoms with Crippen LogP contribution in [0.4, 0.5) is 5.69 Å². The molecule has 0 aliphatic carbocycles. The number of para-hydroxylation sites is 2. The number of fused-ring (bicyclic) bond motifs is 1. The van der Waals surface area contributed by atoms with Crippen molar-refractivity contribution in [3.8, 4) is 5.75 Å². The maximum absolute atomic E-state index is 12.1. The topological polar surface area (TPSA) is 29.5 Å². The van der Waals surface area contributed by atoms with Gasteiger partial charge in [-0.3, -0.25) is 4.79 Å². The van der Waals surface area contributed by atoms with E-state index in [4.69, 9.17) is 4.74 Å². The second kappa shape index (κ2) is 6.44. The second-order valence-electron chi connectivity index (χ2n) is 5.19. The Kier molecular flexibility index (Phi) is 4.20. The lowest BCUT2D eigenvalue weighted by atomic mass is 10.1. The largest absolute Gasteiger partial charge is 0.492 e. The van der Waals surface area contributed by atoms with Crippen molar-refractivity contribution in [1.29, 1.82) is 0 Å². The van der Waals surface area contributed by atoms with E-state index in [1.165, 1.54) is 0 Å². The molecule has 2 aromatic carbocycles. The highest BCUT2D eigenvalue weighted by Crippen LogP contribution is 2.25. The van der Waals surface area contributed by atoms with Gasteiger partial charge in [0, 0.05) is 24.2 Å². The summed E-state index contributed by atoms with van der Waals surface area (Å²) < 4.78 is 5.76. The number of hydrogen-bond acceptors (Lipinski definition) is 3. The first-order chi connectivity index (χ1) is 10.3. The van der Waals surface area contributed by atoms with Gasteiger partial charge < -0.3 is 9.64 Å². The molecular formula is C18H19NO2. The van der Waals surface area contributed by atoms with Crippen molar-refractivity contribution in [1.82, 2.24) is 0 Å². The molecule has 0 fully saturated rings. The number of nitrogens with zero attached hydrogens (tertiary/aromatic N) is 1. The Balaban J connectivity index is 1.68. The lowest BCUT2D eigenvalue weighted by Crippen LogP contribution is -2.29. The molecule has 3 nitrogen and oxygen atoms in total. The van der Waals surface area contributed by atoms with Crippen molar-refractivity contribution in [2.45, 2.75) is 12.8 Å². The smallest absolute Gasteiger partial charge is 0.165 e. The van der Waals surface area contributed by atoms with E-state index in [0.29, 0.717) is 13.0 Å². The van der Waals surface area contributed by atoms with Crippen LogP contribution < -0.4 is 9.64 Å². The third kappa shape index (κ3) is 3.24. The van der Waals surface area contributed by atoms with E-state index in [2.05, 4.69) is 4.90 Å². The van der Waals surface area contributed by atoms with Crippen LogP contribution in [0.5, 0.6) is 5.75 Å². The van der Waals surface area contributed by atoms with Crippen LogP contribution >= 0.6 is 0 Å². The monoisotopic (exact) mass is 281 g/mol. The minimum atomic E-state index is 0.247. The van der Waals surface area contributed by atoms with Gasteiger partial charge in [-0.25, -0.2) is 0 Å². The summed E-state index contributed by atoms with van der Waals surface area (Å²) in [5.41, 5.74) is 1.88. The summed E-state index contributed by atoms with van der Waals surface area (Å²) in [6.45, 7) is 2.31. The molecule has 0 amide bonds. The Morgan fingerprint density at radius 3 is 2.62 bits per heavy atom. The second-order valence-corrected chi connectivity index (χ2v) is 5.19. The van der Waals surface area contributed by atoms with Gasteiger partial charge >= 0.3 is 0 Å². The molecule has 21 heavy (non-hydrogen) atoms. The molecule has 0 saturated carbocycles.